The van der Waals surface area contributed by atoms with Crippen LogP contribution in [0.25, 0.3) is 0 Å². The molecule has 1 aromatic heterocycles. The van der Waals surface area contributed by atoms with Gasteiger partial charge >= 0.3 is 12.1 Å². The molecular formula is C12H15ClF3N3O3S. The van der Waals surface area contributed by atoms with Gasteiger partial charge in [0.2, 0.25) is 5.91 Å². The van der Waals surface area contributed by atoms with Gasteiger partial charge < -0.3 is 10.1 Å². The fourth-order valence-electron chi connectivity index (χ4n) is 1.66. The van der Waals surface area contributed by atoms with Crippen LogP contribution in [-0.4, -0.2) is 40.1 Å². The number of aromatic nitrogens is 2. The number of rotatable bonds is 6. The molecule has 1 N–H and O–H groups in total. The van der Waals surface area contributed by atoms with Crippen molar-refractivity contribution in [3.63, 3.8) is 0 Å². The van der Waals surface area contributed by atoms with Gasteiger partial charge in [0, 0.05) is 5.75 Å². The number of ether oxygens (including phenoxy) is 1. The maximum Gasteiger partial charge on any atom is 0.436 e. The molecule has 0 unspecified atom stereocenters. The van der Waals surface area contributed by atoms with Gasteiger partial charge in [-0.1, -0.05) is 11.6 Å². The van der Waals surface area contributed by atoms with Crippen LogP contribution < -0.4 is 5.32 Å². The molecule has 6 nitrogen and oxygen atoms in total. The summed E-state index contributed by atoms with van der Waals surface area (Å²) in [4.78, 5) is 23.4. The quantitative estimate of drug-likeness (QED) is 0.589. The Labute approximate surface area is 140 Å². The number of esters is 1. The molecule has 0 saturated carbocycles. The summed E-state index contributed by atoms with van der Waals surface area (Å²) >= 11 is 9.50. The van der Waals surface area contributed by atoms with E-state index in [0.717, 1.165) is 4.68 Å². The SMILES string of the molecule is CCOC(=O)[C@H](CS)NC(=O)Cn1nc(C(F)(F)F)c(Cl)c1C. The highest BCUT2D eigenvalue weighted by Gasteiger charge is 2.38. The number of nitrogens with zero attached hydrogens (tertiary/aromatic N) is 2. The van der Waals surface area contributed by atoms with Gasteiger partial charge in [-0.25, -0.2) is 4.79 Å². The van der Waals surface area contributed by atoms with Crippen LogP contribution >= 0.6 is 24.2 Å². The number of carbonyl (C=O) groups excluding carboxylic acids is 2. The highest BCUT2D eigenvalue weighted by Crippen LogP contribution is 2.35. The van der Waals surface area contributed by atoms with Crippen LogP contribution in [0.1, 0.15) is 18.3 Å². The number of hydrogen-bond donors (Lipinski definition) is 2. The van der Waals surface area contributed by atoms with Crippen LogP contribution in [-0.2, 0) is 27.0 Å². The first-order valence-electron chi connectivity index (χ1n) is 6.48. The lowest BCUT2D eigenvalue weighted by Crippen LogP contribution is -2.44. The third-order valence-electron chi connectivity index (χ3n) is 2.78. The third-order valence-corrected chi connectivity index (χ3v) is 3.60. The van der Waals surface area contributed by atoms with E-state index in [2.05, 4.69) is 23.0 Å². The van der Waals surface area contributed by atoms with Gasteiger partial charge in [-0.2, -0.15) is 30.9 Å². The van der Waals surface area contributed by atoms with Gasteiger partial charge in [0.05, 0.1) is 17.3 Å². The lowest BCUT2D eigenvalue weighted by atomic mass is 10.3. The van der Waals surface area contributed by atoms with Gasteiger partial charge in [0.25, 0.3) is 0 Å². The number of thiol groups is 1. The summed E-state index contributed by atoms with van der Waals surface area (Å²) in [5.41, 5.74) is -1.27. The Balaban J connectivity index is 2.84. The zero-order chi connectivity index (χ0) is 17.8. The molecule has 0 aromatic carbocycles. The van der Waals surface area contributed by atoms with Gasteiger partial charge in [-0.15, -0.1) is 0 Å². The Hall–Kier alpha value is -1.42. The molecule has 0 aliphatic rings. The van der Waals surface area contributed by atoms with Gasteiger partial charge in [0.15, 0.2) is 5.69 Å². The molecule has 0 bridgehead atoms. The lowest BCUT2D eigenvalue weighted by Gasteiger charge is -2.15. The molecule has 0 radical (unpaired) electrons. The molecule has 23 heavy (non-hydrogen) atoms. The molecule has 11 heteroatoms. The first kappa shape index (κ1) is 19.6. The smallest absolute Gasteiger partial charge is 0.436 e. The zero-order valence-electron chi connectivity index (χ0n) is 12.3. The lowest BCUT2D eigenvalue weighted by molar-refractivity contribution is -0.146. The summed E-state index contributed by atoms with van der Waals surface area (Å²) in [6.45, 7) is 2.51. The van der Waals surface area contributed by atoms with E-state index in [-0.39, 0.29) is 18.1 Å². The molecule has 1 heterocycles. The Bertz CT molecular complexity index is 592. The zero-order valence-corrected chi connectivity index (χ0v) is 13.9. The summed E-state index contributed by atoms with van der Waals surface area (Å²) in [6.07, 6.45) is -4.72. The molecule has 0 saturated heterocycles. The molecule has 0 aliphatic carbocycles. The highest BCUT2D eigenvalue weighted by molar-refractivity contribution is 7.80. The minimum Gasteiger partial charge on any atom is -0.464 e. The number of carbonyl (C=O) groups is 2. The highest BCUT2D eigenvalue weighted by atomic mass is 35.5. The van der Waals surface area contributed by atoms with Crippen molar-refractivity contribution in [2.75, 3.05) is 12.4 Å². The van der Waals surface area contributed by atoms with E-state index < -0.39 is 41.4 Å². The number of alkyl halides is 3. The van der Waals surface area contributed by atoms with Crippen molar-refractivity contribution in [3.05, 3.63) is 16.4 Å². The average Bonchev–Trinajstić information content (AvgIpc) is 2.73. The first-order valence-corrected chi connectivity index (χ1v) is 7.49. The van der Waals surface area contributed by atoms with E-state index in [0.29, 0.717) is 0 Å². The second kappa shape index (κ2) is 7.91. The number of amides is 1. The number of hydrogen-bond acceptors (Lipinski definition) is 5. The van der Waals surface area contributed by atoms with Gasteiger partial charge in [-0.3, -0.25) is 9.48 Å². The fraction of sp³-hybridized carbons (Fsp3) is 0.583. The summed E-state index contributed by atoms with van der Waals surface area (Å²) in [5, 5.41) is 5.05. The van der Waals surface area contributed by atoms with Crippen molar-refractivity contribution in [2.45, 2.75) is 32.6 Å². The van der Waals surface area contributed by atoms with E-state index in [1.54, 1.807) is 6.92 Å². The predicted molar refractivity (Wildman–Crippen MR) is 79.4 cm³/mol. The van der Waals surface area contributed by atoms with E-state index in [9.17, 15) is 22.8 Å². The van der Waals surface area contributed by atoms with Crippen LogP contribution in [0.15, 0.2) is 0 Å². The summed E-state index contributed by atoms with van der Waals surface area (Å²) in [6, 6.07) is -1.00. The summed E-state index contributed by atoms with van der Waals surface area (Å²) in [5.74, 6) is -1.41. The van der Waals surface area contributed by atoms with Crippen molar-refractivity contribution in [1.29, 1.82) is 0 Å². The Morgan fingerprint density at radius 1 is 1.48 bits per heavy atom. The molecule has 0 spiro atoms. The minimum atomic E-state index is -4.72. The molecule has 1 aromatic rings. The van der Waals surface area contributed by atoms with Crippen molar-refractivity contribution in [1.82, 2.24) is 15.1 Å². The summed E-state index contributed by atoms with van der Waals surface area (Å²) in [7, 11) is 0. The second-order valence-corrected chi connectivity index (χ2v) is 5.20. The molecule has 0 aliphatic heterocycles. The monoisotopic (exact) mass is 373 g/mol. The topological polar surface area (TPSA) is 73.2 Å². The predicted octanol–water partition coefficient (Wildman–Crippen LogP) is 1.84. The Morgan fingerprint density at radius 2 is 2.09 bits per heavy atom. The molecule has 1 rings (SSSR count). The number of nitrogens with one attached hydrogen (secondary N) is 1. The van der Waals surface area contributed by atoms with Crippen molar-refractivity contribution in [3.8, 4) is 0 Å². The standard InChI is InChI=1S/C12H15ClF3N3O3S/c1-3-22-11(21)7(5-23)17-8(20)4-19-6(2)9(13)10(18-19)12(14,15)16/h7,23H,3-5H2,1-2H3,(H,17,20)/t7-/m0/s1. The largest absolute Gasteiger partial charge is 0.464 e. The Morgan fingerprint density at radius 3 is 2.52 bits per heavy atom. The Kier molecular flexibility index (Phi) is 6.75. The molecular weight excluding hydrogens is 359 g/mol. The van der Waals surface area contributed by atoms with Gasteiger partial charge in [-0.05, 0) is 13.8 Å². The second-order valence-electron chi connectivity index (χ2n) is 4.46. The van der Waals surface area contributed by atoms with Crippen molar-refractivity contribution in [2.24, 2.45) is 0 Å². The minimum absolute atomic E-state index is 0.00676. The van der Waals surface area contributed by atoms with Crippen molar-refractivity contribution < 1.29 is 27.5 Å². The normalized spacial score (nSPS) is 12.8. The van der Waals surface area contributed by atoms with Gasteiger partial charge in [0.1, 0.15) is 12.6 Å². The van der Waals surface area contributed by atoms with Crippen LogP contribution in [0, 0.1) is 6.92 Å². The maximum absolute atomic E-state index is 12.7. The van der Waals surface area contributed by atoms with E-state index in [1.165, 1.54) is 6.92 Å². The van der Waals surface area contributed by atoms with E-state index in [4.69, 9.17) is 16.3 Å². The molecule has 1 atom stereocenters. The van der Waals surface area contributed by atoms with Crippen molar-refractivity contribution >= 4 is 36.1 Å². The average molecular weight is 374 g/mol. The van der Waals surface area contributed by atoms with Crippen LogP contribution in [0.5, 0.6) is 0 Å². The van der Waals surface area contributed by atoms with E-state index in [1.807, 2.05) is 0 Å². The molecule has 130 valence electrons. The molecule has 0 fully saturated rings. The van der Waals surface area contributed by atoms with Crippen LogP contribution in [0.3, 0.4) is 0 Å². The van der Waals surface area contributed by atoms with E-state index >= 15 is 0 Å². The van der Waals surface area contributed by atoms with Crippen LogP contribution in [0.4, 0.5) is 13.2 Å². The maximum atomic E-state index is 12.7. The summed E-state index contributed by atoms with van der Waals surface area (Å²) < 4.78 is 43.7. The molecule has 1 amide bonds. The third kappa shape index (κ3) is 5.03. The number of halogens is 4. The fourth-order valence-corrected chi connectivity index (χ4v) is 2.14. The first-order chi connectivity index (χ1) is 10.6. The van der Waals surface area contributed by atoms with Crippen LogP contribution in [0.2, 0.25) is 5.02 Å².